The number of nitrogens with one attached hydrogen (secondary N) is 3. The average molecular weight is 547 g/mol. The number of urea groups is 1. The molecule has 0 saturated heterocycles. The summed E-state index contributed by atoms with van der Waals surface area (Å²) in [6, 6.07) is 19.6. The minimum Gasteiger partial charge on any atom is -0.508 e. The van der Waals surface area contributed by atoms with Gasteiger partial charge in [-0.3, -0.25) is 9.59 Å². The van der Waals surface area contributed by atoms with Crippen LogP contribution in [0.2, 0.25) is 0 Å². The van der Waals surface area contributed by atoms with E-state index in [0.29, 0.717) is 35.8 Å². The van der Waals surface area contributed by atoms with Crippen molar-refractivity contribution in [3.63, 3.8) is 0 Å². The number of hydrogen-bond acceptors (Lipinski definition) is 6. The number of carbonyl (C=O) groups is 3. The zero-order valence-corrected chi connectivity index (χ0v) is 22.8. The number of nitrogens with zero attached hydrogens (tertiary/aromatic N) is 1. The molecule has 1 atom stereocenters. The fourth-order valence-corrected chi connectivity index (χ4v) is 4.70. The quantitative estimate of drug-likeness (QED) is 0.207. The molecule has 1 aliphatic heterocycles. The maximum Gasteiger partial charge on any atom is 0.320 e. The zero-order valence-electron chi connectivity index (χ0n) is 22.8. The molecule has 0 spiro atoms. The number of phenolic OH excluding ortho intramolecular Hbond substituents is 1. The van der Waals surface area contributed by atoms with Gasteiger partial charge in [0.1, 0.15) is 5.75 Å². The Morgan fingerprint density at radius 3 is 2.15 bits per heavy atom. The van der Waals surface area contributed by atoms with Gasteiger partial charge in [0.2, 0.25) is 5.91 Å². The second-order valence-corrected chi connectivity index (χ2v) is 9.40. The van der Waals surface area contributed by atoms with Crippen LogP contribution in [0.1, 0.15) is 31.4 Å². The van der Waals surface area contributed by atoms with E-state index in [2.05, 4.69) is 16.0 Å². The number of para-hydroxylation sites is 1. The third kappa shape index (κ3) is 6.41. The van der Waals surface area contributed by atoms with E-state index in [1.807, 2.05) is 32.9 Å². The molecule has 3 aromatic carbocycles. The smallest absolute Gasteiger partial charge is 0.320 e. The van der Waals surface area contributed by atoms with E-state index in [4.69, 9.17) is 9.47 Å². The second kappa shape index (κ2) is 12.6. The van der Waals surface area contributed by atoms with E-state index >= 15 is 0 Å². The molecule has 1 unspecified atom stereocenters. The maximum absolute atomic E-state index is 14.3. The van der Waals surface area contributed by atoms with E-state index < -0.39 is 29.7 Å². The highest BCUT2D eigenvalue weighted by molar-refractivity contribution is 6.12. The third-order valence-electron chi connectivity index (χ3n) is 6.51. The van der Waals surface area contributed by atoms with Crippen LogP contribution in [0.3, 0.4) is 0 Å². The maximum atomic E-state index is 14.3. The average Bonchev–Trinajstić information content (AvgIpc) is 3.14. The Bertz CT molecular complexity index is 1280. The number of rotatable bonds is 11. The number of fused-ring (bicyclic) bond motifs is 1. The van der Waals surface area contributed by atoms with Crippen LogP contribution >= 0.6 is 0 Å². The number of carbonyl (C=O) groups excluding carboxylic acids is 3. The molecular weight excluding hydrogens is 512 g/mol. The molecule has 0 radical (unpaired) electrons. The van der Waals surface area contributed by atoms with Gasteiger partial charge in [0.05, 0.1) is 18.7 Å². The van der Waals surface area contributed by atoms with E-state index in [1.165, 1.54) is 17.0 Å². The Morgan fingerprint density at radius 2 is 1.50 bits per heavy atom. The largest absolute Gasteiger partial charge is 0.508 e. The highest BCUT2D eigenvalue weighted by Gasteiger charge is 2.53. The van der Waals surface area contributed by atoms with E-state index in [9.17, 15) is 19.5 Å². The normalized spacial score (nSPS) is 16.1. The Kier molecular flexibility index (Phi) is 9.03. The first-order valence-electron chi connectivity index (χ1n) is 13.1. The van der Waals surface area contributed by atoms with Crippen LogP contribution in [0, 0.1) is 6.92 Å². The number of aromatic hydroxyl groups is 1. The monoisotopic (exact) mass is 546 g/mol. The second-order valence-electron chi connectivity index (χ2n) is 9.40. The van der Waals surface area contributed by atoms with Gasteiger partial charge in [-0.05, 0) is 63.2 Å². The summed E-state index contributed by atoms with van der Waals surface area (Å²) < 4.78 is 11.4. The minimum atomic E-state index is -1.71. The van der Waals surface area contributed by atoms with Gasteiger partial charge in [-0.25, -0.2) is 4.79 Å². The van der Waals surface area contributed by atoms with Crippen LogP contribution in [-0.4, -0.2) is 49.0 Å². The summed E-state index contributed by atoms with van der Waals surface area (Å²) in [6.45, 7) is 6.44. The van der Waals surface area contributed by atoms with Crippen molar-refractivity contribution in [2.24, 2.45) is 0 Å². The van der Waals surface area contributed by atoms with Gasteiger partial charge in [-0.2, -0.15) is 0 Å². The molecule has 1 heterocycles. The van der Waals surface area contributed by atoms with E-state index in [1.54, 1.807) is 48.5 Å². The van der Waals surface area contributed by atoms with Crippen LogP contribution in [0.5, 0.6) is 5.75 Å². The fraction of sp³-hybridized carbons (Fsp3) is 0.300. The lowest BCUT2D eigenvalue weighted by Gasteiger charge is -2.30. The molecule has 40 heavy (non-hydrogen) atoms. The first kappa shape index (κ1) is 28.6. The fourth-order valence-electron chi connectivity index (χ4n) is 4.70. The van der Waals surface area contributed by atoms with Gasteiger partial charge < -0.3 is 35.4 Å². The van der Waals surface area contributed by atoms with Crippen molar-refractivity contribution in [3.8, 4) is 5.75 Å². The molecule has 4 amide bonds. The predicted molar refractivity (Wildman–Crippen MR) is 152 cm³/mol. The Morgan fingerprint density at radius 1 is 0.900 bits per heavy atom. The van der Waals surface area contributed by atoms with Gasteiger partial charge >= 0.3 is 6.03 Å². The summed E-state index contributed by atoms with van der Waals surface area (Å²) in [7, 11) is 0. The van der Waals surface area contributed by atoms with Gasteiger partial charge in [0.15, 0.2) is 11.8 Å². The Balaban J connectivity index is 1.69. The predicted octanol–water partition coefficient (Wildman–Crippen LogP) is 4.49. The highest BCUT2D eigenvalue weighted by atomic mass is 16.7. The van der Waals surface area contributed by atoms with Crippen LogP contribution < -0.4 is 20.9 Å². The standard InChI is InChI=1S/C30H34N4O6/c1-4-39-27(40-5-2)19-34-25-9-7-6-8-24(25)30(28(34)37,18-26(36)31-21-14-16-23(35)17-15-21)33-29(38)32-22-12-10-20(3)11-13-22/h6-17,27,35H,4-5,18-19H2,1-3H3,(H,31,36)(H2,32,33,38). The molecule has 4 N–H and O–H groups in total. The summed E-state index contributed by atoms with van der Waals surface area (Å²) in [5.41, 5.74) is 1.31. The first-order valence-corrected chi connectivity index (χ1v) is 13.1. The number of ether oxygens (including phenoxy) is 2. The number of aryl methyl sites for hydroxylation is 1. The van der Waals surface area contributed by atoms with Crippen molar-refractivity contribution in [1.29, 1.82) is 0 Å². The minimum absolute atomic E-state index is 0.0533. The van der Waals surface area contributed by atoms with Crippen LogP contribution in [0.25, 0.3) is 0 Å². The lowest BCUT2D eigenvalue weighted by Crippen LogP contribution is -2.56. The van der Waals surface area contributed by atoms with Crippen molar-refractivity contribution in [2.75, 3.05) is 35.3 Å². The molecule has 10 heteroatoms. The van der Waals surface area contributed by atoms with Gasteiger partial charge in [0, 0.05) is 30.2 Å². The lowest BCUT2D eigenvalue weighted by molar-refractivity contribution is -0.138. The van der Waals surface area contributed by atoms with Crippen molar-refractivity contribution in [3.05, 3.63) is 83.9 Å². The van der Waals surface area contributed by atoms with Gasteiger partial charge in [-0.1, -0.05) is 35.9 Å². The topological polar surface area (TPSA) is 129 Å². The molecule has 0 aliphatic carbocycles. The first-order chi connectivity index (χ1) is 19.3. The summed E-state index contributed by atoms with van der Waals surface area (Å²) in [6.07, 6.45) is -1.08. The van der Waals surface area contributed by atoms with E-state index in [-0.39, 0.29) is 18.7 Å². The molecule has 0 fully saturated rings. The molecule has 3 aromatic rings. The highest BCUT2D eigenvalue weighted by Crippen LogP contribution is 2.43. The molecule has 4 rings (SSSR count). The molecule has 0 aromatic heterocycles. The van der Waals surface area contributed by atoms with Crippen LogP contribution in [0.15, 0.2) is 72.8 Å². The molecule has 210 valence electrons. The van der Waals surface area contributed by atoms with Crippen molar-refractivity contribution in [1.82, 2.24) is 5.32 Å². The summed E-state index contributed by atoms with van der Waals surface area (Å²) in [5.74, 6) is -0.937. The number of hydrogen-bond donors (Lipinski definition) is 4. The Labute approximate surface area is 233 Å². The SMILES string of the molecule is CCOC(CN1C(=O)C(CC(=O)Nc2ccc(O)cc2)(NC(=O)Nc2ccc(C)cc2)c2ccccc21)OCC. The molecule has 0 bridgehead atoms. The molecule has 0 saturated carbocycles. The van der Waals surface area contributed by atoms with E-state index in [0.717, 1.165) is 5.56 Å². The number of phenols is 1. The van der Waals surface area contributed by atoms with Gasteiger partial charge in [0.25, 0.3) is 5.91 Å². The Hall–Kier alpha value is -4.41. The summed E-state index contributed by atoms with van der Waals surface area (Å²) in [4.78, 5) is 42.4. The van der Waals surface area contributed by atoms with Crippen molar-refractivity contribution in [2.45, 2.75) is 39.0 Å². The van der Waals surface area contributed by atoms with Gasteiger partial charge in [-0.15, -0.1) is 0 Å². The number of benzene rings is 3. The van der Waals surface area contributed by atoms with Crippen LogP contribution in [-0.2, 0) is 24.6 Å². The van der Waals surface area contributed by atoms with Crippen LogP contribution in [0.4, 0.5) is 21.9 Å². The van der Waals surface area contributed by atoms with Crippen molar-refractivity contribution < 1.29 is 29.0 Å². The molecular formula is C30H34N4O6. The number of anilines is 3. The molecule has 1 aliphatic rings. The lowest BCUT2D eigenvalue weighted by atomic mass is 9.87. The number of amides is 4. The third-order valence-corrected chi connectivity index (χ3v) is 6.51. The summed E-state index contributed by atoms with van der Waals surface area (Å²) >= 11 is 0. The zero-order chi connectivity index (χ0) is 28.7. The molecule has 10 nitrogen and oxygen atoms in total. The summed E-state index contributed by atoms with van der Waals surface area (Å²) in [5, 5.41) is 17.9. The van der Waals surface area contributed by atoms with Crippen molar-refractivity contribution >= 4 is 34.9 Å².